The first-order valence-corrected chi connectivity index (χ1v) is 7.38. The molecule has 1 fully saturated rings. The summed E-state index contributed by atoms with van der Waals surface area (Å²) in [5.74, 6) is 0.561. The lowest BCUT2D eigenvalue weighted by Crippen LogP contribution is -2.38. The minimum atomic E-state index is 0.0391. The van der Waals surface area contributed by atoms with Crippen LogP contribution in [0.3, 0.4) is 0 Å². The Kier molecular flexibility index (Phi) is 4.40. The molecule has 7 heteroatoms. The zero-order chi connectivity index (χ0) is 14.5. The number of nitrogens with zero attached hydrogens (tertiary/aromatic N) is 6. The van der Waals surface area contributed by atoms with E-state index in [-0.39, 0.29) is 5.56 Å². The van der Waals surface area contributed by atoms with Crippen molar-refractivity contribution >= 4 is 0 Å². The third-order valence-corrected chi connectivity index (χ3v) is 4.04. The van der Waals surface area contributed by atoms with Gasteiger partial charge in [-0.25, -0.2) is 4.98 Å². The molecule has 0 aliphatic carbocycles. The van der Waals surface area contributed by atoms with Crippen molar-refractivity contribution in [2.45, 2.75) is 25.9 Å². The van der Waals surface area contributed by atoms with Crippen LogP contribution in [0.2, 0.25) is 0 Å². The molecule has 1 saturated heterocycles. The normalized spacial score (nSPS) is 17.1. The summed E-state index contributed by atoms with van der Waals surface area (Å²) in [6, 6.07) is 1.52. The van der Waals surface area contributed by atoms with Crippen LogP contribution in [0.5, 0.6) is 0 Å². The van der Waals surface area contributed by atoms with Crippen molar-refractivity contribution in [1.29, 1.82) is 0 Å². The SMILES string of the molecule is O=c1ccncn1CC1CCN(CCn2nccn2)CC1. The van der Waals surface area contributed by atoms with Crippen molar-refractivity contribution in [1.82, 2.24) is 29.4 Å². The summed E-state index contributed by atoms with van der Waals surface area (Å²) in [4.78, 5) is 19.9. The molecule has 0 radical (unpaired) electrons. The van der Waals surface area contributed by atoms with Gasteiger partial charge in [0, 0.05) is 25.4 Å². The Morgan fingerprint density at radius 2 is 1.86 bits per heavy atom. The van der Waals surface area contributed by atoms with Crippen molar-refractivity contribution in [2.24, 2.45) is 5.92 Å². The van der Waals surface area contributed by atoms with Crippen LogP contribution in [0, 0.1) is 5.92 Å². The van der Waals surface area contributed by atoms with Crippen LogP contribution in [0.15, 0.2) is 35.8 Å². The highest BCUT2D eigenvalue weighted by Gasteiger charge is 2.19. The molecule has 0 saturated carbocycles. The molecule has 0 unspecified atom stereocenters. The predicted octanol–water partition coefficient (Wildman–Crippen LogP) is 0.247. The smallest absolute Gasteiger partial charge is 0.253 e. The molecule has 1 aliphatic heterocycles. The van der Waals surface area contributed by atoms with Crippen LogP contribution in [-0.2, 0) is 13.1 Å². The lowest BCUT2D eigenvalue weighted by molar-refractivity contribution is 0.164. The van der Waals surface area contributed by atoms with E-state index in [0.29, 0.717) is 5.92 Å². The van der Waals surface area contributed by atoms with Crippen LogP contribution < -0.4 is 5.56 Å². The molecule has 112 valence electrons. The van der Waals surface area contributed by atoms with Crippen molar-refractivity contribution < 1.29 is 0 Å². The molecule has 0 bridgehead atoms. The zero-order valence-electron chi connectivity index (χ0n) is 12.0. The topological polar surface area (TPSA) is 68.8 Å². The predicted molar refractivity (Wildman–Crippen MR) is 77.7 cm³/mol. The first-order chi connectivity index (χ1) is 10.3. The summed E-state index contributed by atoms with van der Waals surface area (Å²) in [5.41, 5.74) is 0.0391. The first-order valence-electron chi connectivity index (χ1n) is 7.38. The molecule has 3 rings (SSSR count). The fraction of sp³-hybridized carbons (Fsp3) is 0.571. The second kappa shape index (κ2) is 6.62. The van der Waals surface area contributed by atoms with Crippen LogP contribution in [-0.4, -0.2) is 49.1 Å². The Labute approximate surface area is 123 Å². The molecule has 0 aromatic carbocycles. The number of rotatable bonds is 5. The van der Waals surface area contributed by atoms with Gasteiger partial charge in [0.15, 0.2) is 0 Å². The van der Waals surface area contributed by atoms with Crippen LogP contribution in [0.4, 0.5) is 0 Å². The average molecular weight is 288 g/mol. The minimum absolute atomic E-state index is 0.0391. The fourth-order valence-electron chi connectivity index (χ4n) is 2.78. The molecular weight excluding hydrogens is 268 g/mol. The van der Waals surface area contributed by atoms with Gasteiger partial charge in [0.2, 0.25) is 0 Å². The third kappa shape index (κ3) is 3.75. The molecule has 7 nitrogen and oxygen atoms in total. The molecule has 0 amide bonds. The summed E-state index contributed by atoms with van der Waals surface area (Å²) in [5, 5.41) is 8.23. The number of aromatic nitrogens is 5. The van der Waals surface area contributed by atoms with Gasteiger partial charge < -0.3 is 4.90 Å². The maximum atomic E-state index is 11.7. The van der Waals surface area contributed by atoms with E-state index in [1.54, 1.807) is 34.3 Å². The maximum Gasteiger partial charge on any atom is 0.253 e. The van der Waals surface area contributed by atoms with E-state index in [1.165, 1.54) is 6.07 Å². The van der Waals surface area contributed by atoms with Gasteiger partial charge in [0.25, 0.3) is 5.56 Å². The molecular formula is C14H20N6O. The summed E-state index contributed by atoms with van der Waals surface area (Å²) >= 11 is 0. The van der Waals surface area contributed by atoms with E-state index in [1.807, 2.05) is 0 Å². The Balaban J connectivity index is 1.45. The summed E-state index contributed by atoms with van der Waals surface area (Å²) < 4.78 is 1.72. The van der Waals surface area contributed by atoms with Crippen LogP contribution >= 0.6 is 0 Å². The first kappa shape index (κ1) is 13.9. The molecule has 2 aromatic heterocycles. The van der Waals surface area contributed by atoms with Crippen LogP contribution in [0.25, 0.3) is 0 Å². The highest BCUT2D eigenvalue weighted by molar-refractivity contribution is 4.83. The lowest BCUT2D eigenvalue weighted by Gasteiger charge is -2.31. The molecule has 2 aromatic rings. The zero-order valence-corrected chi connectivity index (χ0v) is 12.0. The number of likely N-dealkylation sites (tertiary alicyclic amines) is 1. The van der Waals surface area contributed by atoms with E-state index in [4.69, 9.17) is 0 Å². The summed E-state index contributed by atoms with van der Waals surface area (Å²) in [6.45, 7) is 4.73. The average Bonchev–Trinajstić information content (AvgIpc) is 3.02. The van der Waals surface area contributed by atoms with E-state index in [2.05, 4.69) is 20.1 Å². The van der Waals surface area contributed by atoms with Gasteiger partial charge in [-0.1, -0.05) is 0 Å². The lowest BCUT2D eigenvalue weighted by atomic mass is 9.97. The van der Waals surface area contributed by atoms with E-state index in [0.717, 1.165) is 45.6 Å². The highest BCUT2D eigenvalue weighted by Crippen LogP contribution is 2.18. The number of hydrogen-bond donors (Lipinski definition) is 0. The molecule has 0 N–H and O–H groups in total. The second-order valence-corrected chi connectivity index (χ2v) is 5.48. The van der Waals surface area contributed by atoms with Gasteiger partial charge in [0.1, 0.15) is 0 Å². The standard InChI is InChI=1S/C14H20N6O/c21-14-1-4-15-12-19(14)11-13-2-7-18(8-3-13)9-10-20-16-5-6-17-20/h1,4-6,12-13H,2-3,7-11H2. The Morgan fingerprint density at radius 1 is 1.10 bits per heavy atom. The van der Waals surface area contributed by atoms with Crippen molar-refractivity contribution in [2.75, 3.05) is 19.6 Å². The fourth-order valence-corrected chi connectivity index (χ4v) is 2.78. The van der Waals surface area contributed by atoms with Gasteiger partial charge in [-0.15, -0.1) is 0 Å². The summed E-state index contributed by atoms with van der Waals surface area (Å²) in [7, 11) is 0. The largest absolute Gasteiger partial charge is 0.301 e. The Bertz CT molecular complexity index is 600. The van der Waals surface area contributed by atoms with Gasteiger partial charge in [0.05, 0.1) is 25.3 Å². The molecule has 0 atom stereocenters. The molecule has 3 heterocycles. The van der Waals surface area contributed by atoms with E-state index < -0.39 is 0 Å². The highest BCUT2D eigenvalue weighted by atomic mass is 16.1. The second-order valence-electron chi connectivity index (χ2n) is 5.48. The molecule has 1 aliphatic rings. The molecule has 0 spiro atoms. The van der Waals surface area contributed by atoms with E-state index >= 15 is 0 Å². The van der Waals surface area contributed by atoms with Gasteiger partial charge in [-0.2, -0.15) is 15.0 Å². The van der Waals surface area contributed by atoms with Gasteiger partial charge in [-0.3, -0.25) is 9.36 Å². The Hall–Kier alpha value is -2.02. The summed E-state index contributed by atoms with van der Waals surface area (Å²) in [6.07, 6.45) is 8.83. The maximum absolute atomic E-state index is 11.7. The van der Waals surface area contributed by atoms with Gasteiger partial charge >= 0.3 is 0 Å². The third-order valence-electron chi connectivity index (χ3n) is 4.04. The number of hydrogen-bond acceptors (Lipinski definition) is 5. The molecule has 21 heavy (non-hydrogen) atoms. The van der Waals surface area contributed by atoms with Gasteiger partial charge in [-0.05, 0) is 31.8 Å². The monoisotopic (exact) mass is 288 g/mol. The quantitative estimate of drug-likeness (QED) is 0.788. The minimum Gasteiger partial charge on any atom is -0.301 e. The van der Waals surface area contributed by atoms with E-state index in [9.17, 15) is 4.79 Å². The van der Waals surface area contributed by atoms with Crippen LogP contribution in [0.1, 0.15) is 12.8 Å². The van der Waals surface area contributed by atoms with Crippen molar-refractivity contribution in [3.8, 4) is 0 Å². The number of piperidine rings is 1. The van der Waals surface area contributed by atoms with Crippen molar-refractivity contribution in [3.63, 3.8) is 0 Å². The Morgan fingerprint density at radius 3 is 2.57 bits per heavy atom. The van der Waals surface area contributed by atoms with Crippen molar-refractivity contribution in [3.05, 3.63) is 41.3 Å².